The molecule has 2 heterocycles. The molecule has 0 aliphatic rings. The van der Waals surface area contributed by atoms with Crippen molar-refractivity contribution in [3.8, 4) is 11.4 Å². The highest BCUT2D eigenvalue weighted by Gasteiger charge is 2.17. The van der Waals surface area contributed by atoms with Crippen LogP contribution in [0.4, 0.5) is 11.5 Å². The second-order valence-electron chi connectivity index (χ2n) is 7.56. The van der Waals surface area contributed by atoms with Crippen molar-refractivity contribution >= 4 is 50.8 Å². The summed E-state index contributed by atoms with van der Waals surface area (Å²) < 4.78 is 29.1. The molecule has 1 amide bonds. The van der Waals surface area contributed by atoms with Crippen molar-refractivity contribution in [1.29, 1.82) is 0 Å². The number of nitrogen functional groups attached to an aromatic ring is 1. The van der Waals surface area contributed by atoms with E-state index < -0.39 is 10.0 Å². The largest absolute Gasteiger partial charge is 0.335 e. The molecule has 0 bridgehead atoms. The van der Waals surface area contributed by atoms with Gasteiger partial charge in [-0.05, 0) is 50.2 Å². The van der Waals surface area contributed by atoms with Gasteiger partial charge in [-0.25, -0.2) is 23.1 Å². The Bertz CT molecular complexity index is 1500. The number of thioether (sulfide) groups is 1. The standard InChI is InChI=1S/C22H21ClN8O3S2/c1-13-11-19(26-14(2)25-13)30-36(33,34)16-9-7-15(8-10-16)27-20(32)12-35-22-29-28-21(31(22)24)17-5-3-4-6-18(17)23/h3-11H,12,24H2,1-2H3,(H,27,32)(H,25,26,30). The molecule has 186 valence electrons. The number of halogens is 1. The molecule has 0 saturated heterocycles. The molecule has 2 aromatic heterocycles. The van der Waals surface area contributed by atoms with Gasteiger partial charge in [-0.15, -0.1) is 10.2 Å². The second kappa shape index (κ2) is 10.5. The van der Waals surface area contributed by atoms with Gasteiger partial charge < -0.3 is 11.2 Å². The minimum atomic E-state index is -3.87. The molecule has 0 spiro atoms. The van der Waals surface area contributed by atoms with E-state index in [2.05, 4.69) is 30.2 Å². The maximum Gasteiger partial charge on any atom is 0.263 e. The molecule has 36 heavy (non-hydrogen) atoms. The van der Waals surface area contributed by atoms with E-state index in [1.807, 2.05) is 0 Å². The topological polar surface area (TPSA) is 158 Å². The van der Waals surface area contributed by atoms with Crippen LogP contribution in [-0.2, 0) is 14.8 Å². The average Bonchev–Trinajstić information content (AvgIpc) is 3.17. The summed E-state index contributed by atoms with van der Waals surface area (Å²) in [4.78, 5) is 20.7. The summed E-state index contributed by atoms with van der Waals surface area (Å²) in [7, 11) is -3.87. The minimum absolute atomic E-state index is 0.00583. The van der Waals surface area contributed by atoms with Gasteiger partial charge in [0.1, 0.15) is 11.6 Å². The molecule has 14 heteroatoms. The number of aromatic nitrogens is 5. The molecule has 0 aliphatic heterocycles. The summed E-state index contributed by atoms with van der Waals surface area (Å²) in [6, 6.07) is 14.4. The fourth-order valence-corrected chi connectivity index (χ4v) is 5.08. The molecule has 4 aromatic rings. The first kappa shape index (κ1) is 25.4. The van der Waals surface area contributed by atoms with Crippen LogP contribution in [0.15, 0.2) is 64.6 Å². The fraction of sp³-hybridized carbons (Fsp3) is 0.136. The molecule has 0 atom stereocenters. The number of nitrogens with zero attached hydrogens (tertiary/aromatic N) is 5. The van der Waals surface area contributed by atoms with Crippen LogP contribution in [0.25, 0.3) is 11.4 Å². The summed E-state index contributed by atoms with van der Waals surface area (Å²) in [5.74, 6) is 6.77. The van der Waals surface area contributed by atoms with Crippen LogP contribution in [0.2, 0.25) is 5.02 Å². The molecule has 0 unspecified atom stereocenters. The Hall–Kier alpha value is -3.68. The van der Waals surface area contributed by atoms with Gasteiger partial charge in [0.05, 0.1) is 15.7 Å². The Morgan fingerprint density at radius 1 is 1.08 bits per heavy atom. The highest BCUT2D eigenvalue weighted by atomic mass is 35.5. The van der Waals surface area contributed by atoms with E-state index in [1.54, 1.807) is 38.1 Å². The molecule has 0 radical (unpaired) electrons. The molecular weight excluding hydrogens is 524 g/mol. The summed E-state index contributed by atoms with van der Waals surface area (Å²) in [5.41, 5.74) is 1.70. The quantitative estimate of drug-likeness (QED) is 0.223. The van der Waals surface area contributed by atoms with Gasteiger partial charge in [0.15, 0.2) is 5.82 Å². The van der Waals surface area contributed by atoms with Crippen molar-refractivity contribution < 1.29 is 13.2 Å². The van der Waals surface area contributed by atoms with Crippen LogP contribution >= 0.6 is 23.4 Å². The van der Waals surface area contributed by atoms with E-state index >= 15 is 0 Å². The maximum absolute atomic E-state index is 12.7. The third-order valence-corrected chi connectivity index (χ3v) is 7.41. The molecule has 4 N–H and O–H groups in total. The van der Waals surface area contributed by atoms with Crippen LogP contribution in [0.1, 0.15) is 11.5 Å². The van der Waals surface area contributed by atoms with Gasteiger partial charge in [0.25, 0.3) is 10.0 Å². The molecule has 0 aliphatic carbocycles. The number of nitrogens with two attached hydrogens (primary N) is 1. The number of rotatable bonds is 8. The molecular formula is C22H21ClN8O3S2. The zero-order valence-corrected chi connectivity index (χ0v) is 21.5. The van der Waals surface area contributed by atoms with Gasteiger partial charge in [-0.2, -0.15) is 0 Å². The van der Waals surface area contributed by atoms with E-state index in [0.717, 1.165) is 11.8 Å². The average molecular weight is 545 g/mol. The van der Waals surface area contributed by atoms with E-state index in [4.69, 9.17) is 17.4 Å². The van der Waals surface area contributed by atoms with E-state index in [0.29, 0.717) is 38.8 Å². The summed E-state index contributed by atoms with van der Waals surface area (Å²) in [5, 5.41) is 11.6. The number of carbonyl (C=O) groups is 1. The number of nitrogens with one attached hydrogen (secondary N) is 2. The summed E-state index contributed by atoms with van der Waals surface area (Å²) in [6.07, 6.45) is 0. The number of hydrogen-bond donors (Lipinski definition) is 3. The smallest absolute Gasteiger partial charge is 0.263 e. The van der Waals surface area contributed by atoms with Gasteiger partial charge in [-0.1, -0.05) is 35.5 Å². The zero-order chi connectivity index (χ0) is 25.9. The first-order valence-corrected chi connectivity index (χ1v) is 13.3. The van der Waals surface area contributed by atoms with Crippen LogP contribution in [0.3, 0.4) is 0 Å². The number of anilines is 2. The Morgan fingerprint density at radius 2 is 1.81 bits per heavy atom. The van der Waals surface area contributed by atoms with Crippen molar-refractivity contribution in [2.75, 3.05) is 21.6 Å². The first-order chi connectivity index (χ1) is 17.1. The van der Waals surface area contributed by atoms with Gasteiger partial charge in [-0.3, -0.25) is 9.52 Å². The van der Waals surface area contributed by atoms with Gasteiger partial charge in [0, 0.05) is 23.0 Å². The zero-order valence-electron chi connectivity index (χ0n) is 19.1. The highest BCUT2D eigenvalue weighted by molar-refractivity contribution is 7.99. The maximum atomic E-state index is 12.7. The minimum Gasteiger partial charge on any atom is -0.335 e. The van der Waals surface area contributed by atoms with E-state index in [1.165, 1.54) is 35.0 Å². The molecule has 0 saturated carbocycles. The summed E-state index contributed by atoms with van der Waals surface area (Å²) in [6.45, 7) is 3.42. The first-order valence-electron chi connectivity index (χ1n) is 10.5. The van der Waals surface area contributed by atoms with Crippen molar-refractivity contribution in [3.63, 3.8) is 0 Å². The predicted molar refractivity (Wildman–Crippen MR) is 139 cm³/mol. The van der Waals surface area contributed by atoms with Crippen molar-refractivity contribution in [2.24, 2.45) is 0 Å². The van der Waals surface area contributed by atoms with Crippen LogP contribution in [0, 0.1) is 13.8 Å². The lowest BCUT2D eigenvalue weighted by Crippen LogP contribution is -2.17. The van der Waals surface area contributed by atoms with Crippen molar-refractivity contribution in [2.45, 2.75) is 23.9 Å². The fourth-order valence-electron chi connectivity index (χ4n) is 3.21. The SMILES string of the molecule is Cc1cc(NS(=O)(=O)c2ccc(NC(=O)CSc3nnc(-c4ccccc4Cl)n3N)cc2)nc(C)n1. The number of carbonyl (C=O) groups excluding carboxylic acids is 1. The highest BCUT2D eigenvalue weighted by Crippen LogP contribution is 2.27. The number of amides is 1. The normalized spacial score (nSPS) is 11.3. The van der Waals surface area contributed by atoms with E-state index in [9.17, 15) is 13.2 Å². The molecule has 11 nitrogen and oxygen atoms in total. The van der Waals surface area contributed by atoms with E-state index in [-0.39, 0.29) is 22.4 Å². The lowest BCUT2D eigenvalue weighted by Gasteiger charge is -2.10. The van der Waals surface area contributed by atoms with Gasteiger partial charge in [0.2, 0.25) is 11.1 Å². The third-order valence-electron chi connectivity index (χ3n) is 4.76. The molecule has 0 fully saturated rings. The van der Waals surface area contributed by atoms with Crippen LogP contribution in [0.5, 0.6) is 0 Å². The number of aryl methyl sites for hydroxylation is 2. The number of sulfonamides is 1. The predicted octanol–water partition coefficient (Wildman–Crippen LogP) is 3.25. The van der Waals surface area contributed by atoms with Crippen molar-refractivity contribution in [1.82, 2.24) is 24.8 Å². The monoisotopic (exact) mass is 544 g/mol. The number of hydrogen-bond acceptors (Lipinski definition) is 9. The Labute approximate surface area is 216 Å². The lowest BCUT2D eigenvalue weighted by molar-refractivity contribution is -0.113. The lowest BCUT2D eigenvalue weighted by atomic mass is 10.2. The van der Waals surface area contributed by atoms with Crippen LogP contribution in [-0.4, -0.2) is 44.9 Å². The third kappa shape index (κ3) is 5.93. The Morgan fingerprint density at radius 3 is 2.50 bits per heavy atom. The Kier molecular flexibility index (Phi) is 7.43. The summed E-state index contributed by atoms with van der Waals surface area (Å²) >= 11 is 7.29. The van der Waals surface area contributed by atoms with Crippen LogP contribution < -0.4 is 15.9 Å². The second-order valence-corrected chi connectivity index (χ2v) is 10.6. The number of benzene rings is 2. The van der Waals surface area contributed by atoms with Crippen molar-refractivity contribution in [3.05, 3.63) is 71.1 Å². The Balaban J connectivity index is 1.36. The van der Waals surface area contributed by atoms with Gasteiger partial charge >= 0.3 is 0 Å². The molecule has 2 aromatic carbocycles. The molecule has 4 rings (SSSR count).